The Kier molecular flexibility index (Phi) is 3.70. The second-order valence-electron chi connectivity index (χ2n) is 8.30. The summed E-state index contributed by atoms with van der Waals surface area (Å²) in [6.07, 6.45) is 17.5. The first-order chi connectivity index (χ1) is 9.74. The van der Waals surface area contributed by atoms with Crippen molar-refractivity contribution in [1.82, 2.24) is 0 Å². The molecule has 114 valence electrons. The van der Waals surface area contributed by atoms with E-state index in [2.05, 4.69) is 15.9 Å². The van der Waals surface area contributed by atoms with Crippen LogP contribution in [0.2, 0.25) is 0 Å². The van der Waals surface area contributed by atoms with Gasteiger partial charge in [0.15, 0.2) is 0 Å². The van der Waals surface area contributed by atoms with Crippen molar-refractivity contribution >= 4 is 15.9 Å². The number of hydrogen-bond acceptors (Lipinski definition) is 1. The van der Waals surface area contributed by atoms with Gasteiger partial charge in [-0.05, 0) is 68.6 Å². The quantitative estimate of drug-likeness (QED) is 0.620. The van der Waals surface area contributed by atoms with Crippen LogP contribution in [-0.2, 0) is 4.74 Å². The zero-order valence-corrected chi connectivity index (χ0v) is 14.3. The maximum absolute atomic E-state index is 6.67. The SMILES string of the molecule is BrCC1(CC2CCC3(CCCCC3)O2)CC2CCC1C2. The zero-order chi connectivity index (χ0) is 13.6. The van der Waals surface area contributed by atoms with Crippen LogP contribution in [0.15, 0.2) is 0 Å². The molecule has 2 heteroatoms. The van der Waals surface area contributed by atoms with Gasteiger partial charge in [0, 0.05) is 5.33 Å². The minimum Gasteiger partial charge on any atom is -0.372 e. The summed E-state index contributed by atoms with van der Waals surface area (Å²) < 4.78 is 6.67. The molecule has 0 radical (unpaired) electrons. The number of fused-ring (bicyclic) bond motifs is 2. The second-order valence-corrected chi connectivity index (χ2v) is 8.86. The van der Waals surface area contributed by atoms with Crippen molar-refractivity contribution in [3.63, 3.8) is 0 Å². The molecule has 4 aliphatic rings. The van der Waals surface area contributed by atoms with E-state index in [1.807, 2.05) is 0 Å². The molecule has 3 saturated carbocycles. The Morgan fingerprint density at radius 1 is 1.00 bits per heavy atom. The van der Waals surface area contributed by atoms with Crippen LogP contribution in [-0.4, -0.2) is 17.0 Å². The third-order valence-corrected chi connectivity index (χ3v) is 8.22. The highest BCUT2D eigenvalue weighted by Gasteiger charge is 2.52. The average Bonchev–Trinajstić information content (AvgIpc) is 3.16. The fourth-order valence-electron chi connectivity index (χ4n) is 6.08. The number of hydrogen-bond donors (Lipinski definition) is 0. The van der Waals surface area contributed by atoms with Gasteiger partial charge in [-0.3, -0.25) is 0 Å². The molecule has 1 spiro atoms. The molecule has 4 fully saturated rings. The van der Waals surface area contributed by atoms with Crippen molar-refractivity contribution in [1.29, 1.82) is 0 Å². The van der Waals surface area contributed by atoms with Crippen molar-refractivity contribution in [2.75, 3.05) is 5.33 Å². The molecule has 2 bridgehead atoms. The van der Waals surface area contributed by atoms with Crippen LogP contribution in [0, 0.1) is 17.3 Å². The number of alkyl halides is 1. The lowest BCUT2D eigenvalue weighted by Gasteiger charge is -2.39. The van der Waals surface area contributed by atoms with Gasteiger partial charge in [0.05, 0.1) is 11.7 Å². The van der Waals surface area contributed by atoms with Gasteiger partial charge in [-0.2, -0.15) is 0 Å². The Bertz CT molecular complexity index is 362. The average molecular weight is 341 g/mol. The Labute approximate surface area is 132 Å². The van der Waals surface area contributed by atoms with Gasteiger partial charge in [-0.25, -0.2) is 0 Å². The summed E-state index contributed by atoms with van der Waals surface area (Å²) in [4.78, 5) is 0. The van der Waals surface area contributed by atoms with E-state index in [0.717, 1.165) is 11.8 Å². The largest absolute Gasteiger partial charge is 0.372 e. The monoisotopic (exact) mass is 340 g/mol. The van der Waals surface area contributed by atoms with Crippen molar-refractivity contribution in [3.8, 4) is 0 Å². The first-order valence-corrected chi connectivity index (χ1v) is 10.1. The molecule has 0 N–H and O–H groups in total. The van der Waals surface area contributed by atoms with Crippen molar-refractivity contribution in [3.05, 3.63) is 0 Å². The summed E-state index contributed by atoms with van der Waals surface area (Å²) in [5.41, 5.74) is 0.905. The first kappa shape index (κ1) is 14.1. The summed E-state index contributed by atoms with van der Waals surface area (Å²) in [5.74, 6) is 2.04. The van der Waals surface area contributed by atoms with E-state index >= 15 is 0 Å². The smallest absolute Gasteiger partial charge is 0.0687 e. The number of rotatable bonds is 3. The molecule has 4 atom stereocenters. The molecule has 1 heterocycles. The van der Waals surface area contributed by atoms with E-state index in [9.17, 15) is 0 Å². The predicted octanol–water partition coefficient (Wildman–Crippen LogP) is 5.46. The van der Waals surface area contributed by atoms with Gasteiger partial charge in [0.25, 0.3) is 0 Å². The van der Waals surface area contributed by atoms with Crippen LogP contribution >= 0.6 is 15.9 Å². The second kappa shape index (κ2) is 5.26. The van der Waals surface area contributed by atoms with Gasteiger partial charge in [0.1, 0.15) is 0 Å². The normalized spacial score (nSPS) is 46.4. The lowest BCUT2D eigenvalue weighted by Crippen LogP contribution is -2.36. The number of ether oxygens (including phenoxy) is 1. The molecule has 1 nitrogen and oxygen atoms in total. The Hall–Kier alpha value is 0.440. The third-order valence-electron chi connectivity index (χ3n) is 7.11. The van der Waals surface area contributed by atoms with E-state index in [4.69, 9.17) is 4.74 Å². The minimum absolute atomic E-state index is 0.314. The van der Waals surface area contributed by atoms with E-state index in [1.54, 1.807) is 0 Å². The highest BCUT2D eigenvalue weighted by Crippen LogP contribution is 2.60. The number of halogens is 1. The third kappa shape index (κ3) is 2.29. The molecule has 1 saturated heterocycles. The van der Waals surface area contributed by atoms with E-state index < -0.39 is 0 Å². The molecule has 0 aromatic carbocycles. The Morgan fingerprint density at radius 2 is 1.85 bits per heavy atom. The van der Waals surface area contributed by atoms with E-state index in [-0.39, 0.29) is 0 Å². The van der Waals surface area contributed by atoms with Gasteiger partial charge in [-0.1, -0.05) is 41.6 Å². The van der Waals surface area contributed by atoms with Crippen LogP contribution in [0.5, 0.6) is 0 Å². The standard InChI is InChI=1S/C18H29BrO/c19-13-17(11-14-4-5-15(17)10-14)12-16-6-9-18(20-16)7-2-1-3-8-18/h14-16H,1-13H2. The van der Waals surface area contributed by atoms with Gasteiger partial charge >= 0.3 is 0 Å². The van der Waals surface area contributed by atoms with E-state index in [1.165, 1.54) is 82.4 Å². The summed E-state index contributed by atoms with van der Waals surface area (Å²) in [5, 5.41) is 1.22. The topological polar surface area (TPSA) is 9.23 Å². The zero-order valence-electron chi connectivity index (χ0n) is 12.7. The summed E-state index contributed by atoms with van der Waals surface area (Å²) in [7, 11) is 0. The molecule has 0 aromatic heterocycles. The maximum atomic E-state index is 6.67. The van der Waals surface area contributed by atoms with Crippen LogP contribution in [0.3, 0.4) is 0 Å². The fourth-order valence-corrected chi connectivity index (χ4v) is 7.00. The Morgan fingerprint density at radius 3 is 2.50 bits per heavy atom. The summed E-state index contributed by atoms with van der Waals surface area (Å²) >= 11 is 3.87. The minimum atomic E-state index is 0.314. The fraction of sp³-hybridized carbons (Fsp3) is 1.00. The molecule has 20 heavy (non-hydrogen) atoms. The van der Waals surface area contributed by atoms with Crippen LogP contribution < -0.4 is 0 Å². The maximum Gasteiger partial charge on any atom is 0.0687 e. The van der Waals surface area contributed by atoms with Crippen LogP contribution in [0.25, 0.3) is 0 Å². The molecule has 0 amide bonds. The van der Waals surface area contributed by atoms with Crippen molar-refractivity contribution < 1.29 is 4.74 Å². The van der Waals surface area contributed by atoms with Crippen molar-refractivity contribution in [2.45, 2.75) is 88.8 Å². The highest BCUT2D eigenvalue weighted by molar-refractivity contribution is 9.09. The predicted molar refractivity (Wildman–Crippen MR) is 86.2 cm³/mol. The van der Waals surface area contributed by atoms with Gasteiger partial charge in [-0.15, -0.1) is 0 Å². The molecule has 3 aliphatic carbocycles. The molecule has 4 rings (SSSR count). The lowest BCUT2D eigenvalue weighted by molar-refractivity contribution is -0.0794. The summed E-state index contributed by atoms with van der Waals surface area (Å²) in [6, 6.07) is 0. The Balaban J connectivity index is 1.42. The molecular weight excluding hydrogens is 312 g/mol. The van der Waals surface area contributed by atoms with Crippen molar-refractivity contribution in [2.24, 2.45) is 17.3 Å². The lowest BCUT2D eigenvalue weighted by atomic mass is 9.71. The molecule has 4 unspecified atom stereocenters. The van der Waals surface area contributed by atoms with Crippen LogP contribution in [0.4, 0.5) is 0 Å². The molecule has 1 aliphatic heterocycles. The van der Waals surface area contributed by atoms with E-state index in [0.29, 0.717) is 17.1 Å². The van der Waals surface area contributed by atoms with Gasteiger partial charge < -0.3 is 4.74 Å². The van der Waals surface area contributed by atoms with Crippen LogP contribution in [0.1, 0.15) is 77.0 Å². The molecular formula is C18H29BrO. The summed E-state index contributed by atoms with van der Waals surface area (Å²) in [6.45, 7) is 0. The molecule has 0 aromatic rings. The van der Waals surface area contributed by atoms with Gasteiger partial charge in [0.2, 0.25) is 0 Å². The highest BCUT2D eigenvalue weighted by atomic mass is 79.9. The first-order valence-electron chi connectivity index (χ1n) is 8.97.